The lowest BCUT2D eigenvalue weighted by atomic mass is 10.0. The maximum atomic E-state index is 13.6. The Labute approximate surface area is 172 Å². The molecule has 0 radical (unpaired) electrons. The van der Waals surface area contributed by atoms with E-state index in [2.05, 4.69) is 15.4 Å². The van der Waals surface area contributed by atoms with Gasteiger partial charge in [0.2, 0.25) is 15.9 Å². The fourth-order valence-electron chi connectivity index (χ4n) is 2.52. The summed E-state index contributed by atoms with van der Waals surface area (Å²) in [5.74, 6) is -3.72. The number of halogens is 2. The Kier molecular flexibility index (Phi) is 7.98. The summed E-state index contributed by atoms with van der Waals surface area (Å²) in [6.07, 6.45) is 0. The summed E-state index contributed by atoms with van der Waals surface area (Å²) in [5.41, 5.74) is -0.0206. The van der Waals surface area contributed by atoms with Gasteiger partial charge in [-0.15, -0.1) is 0 Å². The maximum Gasteiger partial charge on any atom is 0.252 e. The number of ether oxygens (including phenoxy) is 1. The van der Waals surface area contributed by atoms with Crippen LogP contribution < -0.4 is 15.4 Å². The largest absolute Gasteiger partial charge is 0.383 e. The van der Waals surface area contributed by atoms with E-state index in [-0.39, 0.29) is 29.2 Å². The number of methoxy groups -OCH3 is 1. The minimum Gasteiger partial charge on any atom is -0.383 e. The molecule has 11 heteroatoms. The van der Waals surface area contributed by atoms with Gasteiger partial charge in [-0.3, -0.25) is 9.59 Å². The van der Waals surface area contributed by atoms with Crippen molar-refractivity contribution in [2.75, 3.05) is 27.3 Å². The van der Waals surface area contributed by atoms with Gasteiger partial charge in [0.15, 0.2) is 11.6 Å². The zero-order chi connectivity index (χ0) is 22.3. The Hall–Kier alpha value is -2.89. The average molecular weight is 441 g/mol. The van der Waals surface area contributed by atoms with Crippen molar-refractivity contribution >= 4 is 21.8 Å². The van der Waals surface area contributed by atoms with E-state index in [1.165, 1.54) is 38.4 Å². The number of nitrogens with one attached hydrogen (secondary N) is 3. The summed E-state index contributed by atoms with van der Waals surface area (Å²) in [5, 5.41) is 4.73. The van der Waals surface area contributed by atoms with Crippen molar-refractivity contribution in [3.05, 3.63) is 65.2 Å². The molecule has 2 rings (SSSR count). The van der Waals surface area contributed by atoms with Crippen LogP contribution >= 0.6 is 0 Å². The second kappa shape index (κ2) is 10.2. The van der Waals surface area contributed by atoms with Crippen LogP contribution in [-0.4, -0.2) is 47.5 Å². The van der Waals surface area contributed by atoms with Crippen molar-refractivity contribution in [1.82, 2.24) is 15.4 Å². The Bertz CT molecular complexity index is 1030. The number of benzene rings is 2. The summed E-state index contributed by atoms with van der Waals surface area (Å²) >= 11 is 0. The molecule has 0 spiro atoms. The van der Waals surface area contributed by atoms with E-state index in [4.69, 9.17) is 4.74 Å². The average Bonchev–Trinajstić information content (AvgIpc) is 2.73. The van der Waals surface area contributed by atoms with E-state index in [0.29, 0.717) is 0 Å². The first-order chi connectivity index (χ1) is 14.2. The van der Waals surface area contributed by atoms with Gasteiger partial charge in [0.05, 0.1) is 11.5 Å². The monoisotopic (exact) mass is 441 g/mol. The van der Waals surface area contributed by atoms with Crippen LogP contribution in [0.25, 0.3) is 0 Å². The topological polar surface area (TPSA) is 114 Å². The van der Waals surface area contributed by atoms with Crippen LogP contribution in [0.3, 0.4) is 0 Å². The van der Waals surface area contributed by atoms with E-state index >= 15 is 0 Å². The molecule has 1 atom stereocenters. The molecule has 162 valence electrons. The summed E-state index contributed by atoms with van der Waals surface area (Å²) < 4.78 is 58.5. The van der Waals surface area contributed by atoms with Gasteiger partial charge in [-0.2, -0.15) is 0 Å². The second-order valence-electron chi connectivity index (χ2n) is 6.11. The first kappa shape index (κ1) is 23.4. The van der Waals surface area contributed by atoms with Gasteiger partial charge < -0.3 is 15.4 Å². The van der Waals surface area contributed by atoms with Crippen LogP contribution in [0, 0.1) is 11.6 Å². The normalized spacial score (nSPS) is 12.3. The zero-order valence-electron chi connectivity index (χ0n) is 16.2. The number of amides is 2. The van der Waals surface area contributed by atoms with Gasteiger partial charge in [0, 0.05) is 26.3 Å². The lowest BCUT2D eigenvalue weighted by Gasteiger charge is -2.18. The van der Waals surface area contributed by atoms with Crippen molar-refractivity contribution in [2.45, 2.75) is 10.9 Å². The molecule has 2 amide bonds. The van der Waals surface area contributed by atoms with E-state index in [9.17, 15) is 26.8 Å². The maximum absolute atomic E-state index is 13.6. The highest BCUT2D eigenvalue weighted by Crippen LogP contribution is 2.18. The minimum atomic E-state index is -3.88. The molecule has 0 saturated carbocycles. The molecule has 0 heterocycles. The number of carbonyl (C=O) groups excluding carboxylic acids is 2. The molecule has 0 aliphatic rings. The lowest BCUT2D eigenvalue weighted by Crippen LogP contribution is -2.39. The van der Waals surface area contributed by atoms with Crippen molar-refractivity contribution < 1.29 is 31.5 Å². The first-order valence-electron chi connectivity index (χ1n) is 8.75. The van der Waals surface area contributed by atoms with Gasteiger partial charge in [-0.1, -0.05) is 12.1 Å². The van der Waals surface area contributed by atoms with Crippen molar-refractivity contribution in [3.63, 3.8) is 0 Å². The fraction of sp³-hybridized carbons (Fsp3) is 0.263. The standard InChI is InChI=1S/C19H21F2N3O5S/c1-22-19(26)17(12-6-7-15(20)16(21)11-12)24-18(25)13-4-3-5-14(10-13)30(27,28)23-8-9-29-2/h3-7,10-11,17,23H,8-9H2,1-2H3,(H,22,26)(H,24,25). The van der Waals surface area contributed by atoms with Gasteiger partial charge in [0.25, 0.3) is 5.91 Å². The Balaban J connectivity index is 2.27. The van der Waals surface area contributed by atoms with Crippen LogP contribution in [-0.2, 0) is 19.6 Å². The number of rotatable bonds is 9. The second-order valence-corrected chi connectivity index (χ2v) is 7.88. The number of likely N-dealkylation sites (N-methyl/N-ethyl adjacent to an activating group) is 1. The van der Waals surface area contributed by atoms with E-state index < -0.39 is 39.5 Å². The fourth-order valence-corrected chi connectivity index (χ4v) is 3.58. The van der Waals surface area contributed by atoms with Gasteiger partial charge in [0.1, 0.15) is 6.04 Å². The third-order valence-electron chi connectivity index (χ3n) is 4.07. The quantitative estimate of drug-likeness (QED) is 0.505. The SMILES string of the molecule is CNC(=O)C(NC(=O)c1cccc(S(=O)(=O)NCCOC)c1)c1ccc(F)c(F)c1. The van der Waals surface area contributed by atoms with E-state index in [1.807, 2.05) is 0 Å². The van der Waals surface area contributed by atoms with Crippen LogP contribution in [0.4, 0.5) is 8.78 Å². The predicted molar refractivity (Wildman–Crippen MR) is 104 cm³/mol. The highest BCUT2D eigenvalue weighted by atomic mass is 32.2. The summed E-state index contributed by atoms with van der Waals surface area (Å²) in [7, 11) is -1.14. The molecule has 2 aromatic carbocycles. The van der Waals surface area contributed by atoms with Crippen LogP contribution in [0.2, 0.25) is 0 Å². The highest BCUT2D eigenvalue weighted by molar-refractivity contribution is 7.89. The molecule has 0 aliphatic carbocycles. The van der Waals surface area contributed by atoms with Crippen molar-refractivity contribution in [3.8, 4) is 0 Å². The number of hydrogen-bond donors (Lipinski definition) is 3. The minimum absolute atomic E-state index is 0.0200. The van der Waals surface area contributed by atoms with Crippen LogP contribution in [0.15, 0.2) is 47.4 Å². The Morgan fingerprint density at radius 2 is 1.83 bits per heavy atom. The molecular weight excluding hydrogens is 420 g/mol. The molecule has 1 unspecified atom stereocenters. The Morgan fingerprint density at radius 1 is 1.10 bits per heavy atom. The third kappa shape index (κ3) is 5.81. The Morgan fingerprint density at radius 3 is 2.47 bits per heavy atom. The molecule has 30 heavy (non-hydrogen) atoms. The van der Waals surface area contributed by atoms with Crippen molar-refractivity contribution in [1.29, 1.82) is 0 Å². The van der Waals surface area contributed by atoms with Gasteiger partial charge in [-0.25, -0.2) is 21.9 Å². The molecule has 0 aliphatic heterocycles. The molecule has 0 aromatic heterocycles. The molecule has 3 N–H and O–H groups in total. The van der Waals surface area contributed by atoms with E-state index in [0.717, 1.165) is 18.2 Å². The van der Waals surface area contributed by atoms with Gasteiger partial charge in [-0.05, 0) is 35.9 Å². The molecule has 0 bridgehead atoms. The summed E-state index contributed by atoms with van der Waals surface area (Å²) in [6, 6.07) is 6.65. The number of sulfonamides is 1. The van der Waals surface area contributed by atoms with Crippen LogP contribution in [0.5, 0.6) is 0 Å². The molecule has 8 nitrogen and oxygen atoms in total. The molecular formula is C19H21F2N3O5S. The molecule has 2 aromatic rings. The van der Waals surface area contributed by atoms with Crippen molar-refractivity contribution in [2.24, 2.45) is 0 Å². The summed E-state index contributed by atoms with van der Waals surface area (Å²) in [6.45, 7) is 0.214. The number of carbonyl (C=O) groups is 2. The molecule has 0 fully saturated rings. The zero-order valence-corrected chi connectivity index (χ0v) is 17.1. The van der Waals surface area contributed by atoms with Gasteiger partial charge >= 0.3 is 0 Å². The molecule has 0 saturated heterocycles. The highest BCUT2D eigenvalue weighted by Gasteiger charge is 2.24. The third-order valence-corrected chi connectivity index (χ3v) is 5.52. The first-order valence-corrected chi connectivity index (χ1v) is 10.2. The predicted octanol–water partition coefficient (Wildman–Crippen LogP) is 1.11. The summed E-state index contributed by atoms with van der Waals surface area (Å²) in [4.78, 5) is 24.7. The smallest absolute Gasteiger partial charge is 0.252 e. The number of hydrogen-bond acceptors (Lipinski definition) is 5. The van der Waals surface area contributed by atoms with E-state index in [1.54, 1.807) is 0 Å². The van der Waals surface area contributed by atoms with Crippen LogP contribution in [0.1, 0.15) is 22.0 Å². The lowest BCUT2D eigenvalue weighted by molar-refractivity contribution is -0.122.